The zero-order valence-corrected chi connectivity index (χ0v) is 15.7. The highest BCUT2D eigenvalue weighted by atomic mass is 19.1. The Morgan fingerprint density at radius 3 is 2.52 bits per heavy atom. The molecule has 0 aromatic heterocycles. The molecule has 1 spiro atoms. The quantitative estimate of drug-likeness (QED) is 0.865. The van der Waals surface area contributed by atoms with E-state index in [-0.39, 0.29) is 23.5 Å². The Balaban J connectivity index is 1.31. The monoisotopic (exact) mass is 371 g/mol. The molecule has 1 N–H and O–H groups in total. The minimum Gasteiger partial charge on any atom is -0.352 e. The smallest absolute Gasteiger partial charge is 0.255 e. The lowest BCUT2D eigenvalue weighted by atomic mass is 9.76. The van der Waals surface area contributed by atoms with Gasteiger partial charge in [0.25, 0.3) is 5.91 Å². The highest BCUT2D eigenvalue weighted by Crippen LogP contribution is 2.41. The molecule has 2 aliphatic carbocycles. The third kappa shape index (κ3) is 3.75. The summed E-state index contributed by atoms with van der Waals surface area (Å²) in [6, 6.07) is 6.14. The molecule has 0 saturated heterocycles. The van der Waals surface area contributed by atoms with Crippen LogP contribution in [0.5, 0.6) is 0 Å². The average molecular weight is 371 g/mol. The first-order valence-corrected chi connectivity index (χ1v) is 9.87. The van der Waals surface area contributed by atoms with Crippen LogP contribution in [0.25, 0.3) is 0 Å². The SMILES string of the molecule is CC1=NC2(CCC(C(=O)NCc3ccc(F)cc3)CC2)C(=O)N1CC1CC1. The fraction of sp³-hybridized carbons (Fsp3) is 0.571. The first-order valence-electron chi connectivity index (χ1n) is 9.87. The summed E-state index contributed by atoms with van der Waals surface area (Å²) in [5.41, 5.74) is 0.242. The number of rotatable bonds is 5. The van der Waals surface area contributed by atoms with Gasteiger partial charge in [0.15, 0.2) is 0 Å². The van der Waals surface area contributed by atoms with Crippen LogP contribution in [0.4, 0.5) is 4.39 Å². The molecule has 5 nitrogen and oxygen atoms in total. The summed E-state index contributed by atoms with van der Waals surface area (Å²) in [5, 5.41) is 2.94. The van der Waals surface area contributed by atoms with E-state index in [1.165, 1.54) is 25.0 Å². The van der Waals surface area contributed by atoms with Crippen molar-refractivity contribution in [2.45, 2.75) is 57.5 Å². The third-order valence-electron chi connectivity index (χ3n) is 6.11. The maximum absolute atomic E-state index is 13.0. The fourth-order valence-corrected chi connectivity index (χ4v) is 4.21. The summed E-state index contributed by atoms with van der Waals surface area (Å²) >= 11 is 0. The predicted molar refractivity (Wildman–Crippen MR) is 100 cm³/mol. The standard InChI is InChI=1S/C21H26FN3O2/c1-14-24-21(20(27)25(14)13-16-2-3-16)10-8-17(9-11-21)19(26)23-12-15-4-6-18(22)7-5-15/h4-7,16-17H,2-3,8-13H2,1H3,(H,23,26). The zero-order chi connectivity index (χ0) is 19.0. The number of nitrogens with one attached hydrogen (secondary N) is 1. The number of amides is 2. The lowest BCUT2D eigenvalue weighted by Gasteiger charge is -2.33. The van der Waals surface area contributed by atoms with Gasteiger partial charge in [0, 0.05) is 19.0 Å². The number of amidine groups is 1. The Morgan fingerprint density at radius 1 is 1.22 bits per heavy atom. The van der Waals surface area contributed by atoms with Gasteiger partial charge in [0.05, 0.1) is 0 Å². The van der Waals surface area contributed by atoms with Gasteiger partial charge in [-0.1, -0.05) is 12.1 Å². The lowest BCUT2D eigenvalue weighted by Crippen LogP contribution is -2.46. The largest absolute Gasteiger partial charge is 0.352 e. The predicted octanol–water partition coefficient (Wildman–Crippen LogP) is 3.04. The number of hydrogen-bond donors (Lipinski definition) is 1. The van der Waals surface area contributed by atoms with Crippen molar-refractivity contribution in [2.75, 3.05) is 6.54 Å². The second-order valence-corrected chi connectivity index (χ2v) is 8.17. The summed E-state index contributed by atoms with van der Waals surface area (Å²) in [5.74, 6) is 1.26. The van der Waals surface area contributed by atoms with Crippen LogP contribution < -0.4 is 5.32 Å². The second kappa shape index (κ2) is 7.06. The zero-order valence-electron chi connectivity index (χ0n) is 15.7. The van der Waals surface area contributed by atoms with E-state index >= 15 is 0 Å². The van der Waals surface area contributed by atoms with Gasteiger partial charge < -0.3 is 5.32 Å². The summed E-state index contributed by atoms with van der Waals surface area (Å²) in [7, 11) is 0. The molecule has 0 unspecified atom stereocenters. The Kier molecular flexibility index (Phi) is 4.74. The van der Waals surface area contributed by atoms with E-state index in [0.29, 0.717) is 38.1 Å². The summed E-state index contributed by atoms with van der Waals surface area (Å²) < 4.78 is 13.0. The Labute approximate surface area is 159 Å². The number of nitrogens with zero attached hydrogens (tertiary/aromatic N) is 2. The van der Waals surface area contributed by atoms with Gasteiger partial charge in [0.1, 0.15) is 17.2 Å². The molecule has 6 heteroatoms. The van der Waals surface area contributed by atoms with Crippen LogP contribution in [0.3, 0.4) is 0 Å². The van der Waals surface area contributed by atoms with E-state index in [1.807, 2.05) is 11.8 Å². The fourth-order valence-electron chi connectivity index (χ4n) is 4.21. The molecule has 0 atom stereocenters. The Bertz CT molecular complexity index is 762. The van der Waals surface area contributed by atoms with Gasteiger partial charge in [-0.3, -0.25) is 19.5 Å². The molecule has 3 aliphatic rings. The van der Waals surface area contributed by atoms with Crippen molar-refractivity contribution >= 4 is 17.6 Å². The van der Waals surface area contributed by atoms with E-state index in [1.54, 1.807) is 12.1 Å². The lowest BCUT2D eigenvalue weighted by molar-refractivity contribution is -0.135. The maximum atomic E-state index is 13.0. The first-order chi connectivity index (χ1) is 13.0. The number of carbonyl (C=O) groups excluding carboxylic acids is 2. The molecule has 1 heterocycles. The van der Waals surface area contributed by atoms with Gasteiger partial charge in [-0.25, -0.2) is 4.39 Å². The minimum absolute atomic E-state index is 0.00941. The van der Waals surface area contributed by atoms with Crippen molar-refractivity contribution in [1.29, 1.82) is 0 Å². The van der Waals surface area contributed by atoms with Crippen LogP contribution in [-0.4, -0.2) is 34.6 Å². The van der Waals surface area contributed by atoms with E-state index < -0.39 is 5.54 Å². The average Bonchev–Trinajstić information content (AvgIpc) is 3.46. The van der Waals surface area contributed by atoms with E-state index in [4.69, 9.17) is 4.99 Å². The first kappa shape index (κ1) is 18.1. The molecule has 2 fully saturated rings. The van der Waals surface area contributed by atoms with E-state index in [2.05, 4.69) is 5.32 Å². The molecule has 1 aliphatic heterocycles. The Hall–Kier alpha value is -2.24. The molecule has 27 heavy (non-hydrogen) atoms. The molecular weight excluding hydrogens is 345 g/mol. The minimum atomic E-state index is -0.632. The molecule has 1 aromatic rings. The van der Waals surface area contributed by atoms with Crippen molar-refractivity contribution in [3.05, 3.63) is 35.6 Å². The van der Waals surface area contributed by atoms with Crippen LogP contribution >= 0.6 is 0 Å². The van der Waals surface area contributed by atoms with Gasteiger partial charge in [-0.15, -0.1) is 0 Å². The topological polar surface area (TPSA) is 61.8 Å². The number of hydrogen-bond acceptors (Lipinski definition) is 3. The van der Waals surface area contributed by atoms with Crippen molar-refractivity contribution < 1.29 is 14.0 Å². The molecule has 0 radical (unpaired) electrons. The van der Waals surface area contributed by atoms with Crippen molar-refractivity contribution in [3.8, 4) is 0 Å². The van der Waals surface area contributed by atoms with Crippen LogP contribution in [0.1, 0.15) is 51.0 Å². The van der Waals surface area contributed by atoms with Crippen LogP contribution in [0, 0.1) is 17.7 Å². The number of benzene rings is 1. The van der Waals surface area contributed by atoms with Crippen LogP contribution in [0.15, 0.2) is 29.3 Å². The van der Waals surface area contributed by atoms with Crippen molar-refractivity contribution in [1.82, 2.24) is 10.2 Å². The van der Waals surface area contributed by atoms with Crippen LogP contribution in [-0.2, 0) is 16.1 Å². The molecule has 1 aromatic carbocycles. The second-order valence-electron chi connectivity index (χ2n) is 8.17. The van der Waals surface area contributed by atoms with Crippen molar-refractivity contribution in [3.63, 3.8) is 0 Å². The van der Waals surface area contributed by atoms with Gasteiger partial charge in [0.2, 0.25) is 5.91 Å². The Morgan fingerprint density at radius 2 is 1.89 bits per heavy atom. The van der Waals surface area contributed by atoms with E-state index in [9.17, 15) is 14.0 Å². The summed E-state index contributed by atoms with van der Waals surface area (Å²) in [4.78, 5) is 32.1. The highest BCUT2D eigenvalue weighted by Gasteiger charge is 2.50. The number of carbonyl (C=O) groups is 2. The number of aliphatic imine (C=N–C) groups is 1. The van der Waals surface area contributed by atoms with E-state index in [0.717, 1.165) is 17.9 Å². The van der Waals surface area contributed by atoms with Gasteiger partial charge in [-0.2, -0.15) is 0 Å². The molecule has 2 saturated carbocycles. The third-order valence-corrected chi connectivity index (χ3v) is 6.11. The number of halogens is 1. The summed E-state index contributed by atoms with van der Waals surface area (Å²) in [6.45, 7) is 3.13. The van der Waals surface area contributed by atoms with Gasteiger partial charge >= 0.3 is 0 Å². The van der Waals surface area contributed by atoms with Crippen LogP contribution in [0.2, 0.25) is 0 Å². The molecule has 4 rings (SSSR count). The molecule has 0 bridgehead atoms. The maximum Gasteiger partial charge on any atom is 0.255 e. The summed E-state index contributed by atoms with van der Waals surface area (Å²) in [6.07, 6.45) is 5.04. The van der Waals surface area contributed by atoms with Gasteiger partial charge in [-0.05, 0) is 69.1 Å². The molecule has 144 valence electrons. The normalized spacial score (nSPS) is 27.8. The molecule has 2 amide bonds. The van der Waals surface area contributed by atoms with Crippen molar-refractivity contribution in [2.24, 2.45) is 16.8 Å². The highest BCUT2D eigenvalue weighted by molar-refractivity contribution is 6.07. The molecular formula is C21H26FN3O2.